The number of aryl methyl sites for hydroxylation is 3. The molecule has 1 atom stereocenters. The average molecular weight is 415 g/mol. The molecule has 7 nitrogen and oxygen atoms in total. The van der Waals surface area contributed by atoms with E-state index in [0.717, 1.165) is 28.3 Å². The number of anilines is 4. The lowest BCUT2D eigenvalue weighted by Crippen LogP contribution is -2.28. The van der Waals surface area contributed by atoms with Crippen LogP contribution in [0.15, 0.2) is 54.6 Å². The van der Waals surface area contributed by atoms with Crippen LogP contribution in [0.5, 0.6) is 0 Å². The third-order valence-corrected chi connectivity index (χ3v) is 5.20. The summed E-state index contributed by atoms with van der Waals surface area (Å²) in [6.45, 7) is 6.22. The minimum absolute atomic E-state index is 0.0289. The summed E-state index contributed by atoms with van der Waals surface area (Å²) in [6.07, 6.45) is 0.212. The number of hydrogen-bond donors (Lipinski definition) is 2. The normalized spacial score (nSPS) is 15.8. The minimum Gasteiger partial charge on any atom is -0.326 e. The van der Waals surface area contributed by atoms with Crippen LogP contribution in [0.25, 0.3) is 0 Å². The zero-order valence-corrected chi connectivity index (χ0v) is 17.8. The van der Waals surface area contributed by atoms with Crippen molar-refractivity contribution in [3.63, 3.8) is 0 Å². The lowest BCUT2D eigenvalue weighted by atomic mass is 10.1. The fourth-order valence-corrected chi connectivity index (χ4v) is 3.72. The molecule has 4 rings (SSSR count). The molecule has 1 fully saturated rings. The summed E-state index contributed by atoms with van der Waals surface area (Å²) in [7, 11) is 0. The zero-order valence-electron chi connectivity index (χ0n) is 17.8. The quantitative estimate of drug-likeness (QED) is 0.654. The minimum atomic E-state index is -0.380. The van der Waals surface area contributed by atoms with Gasteiger partial charge in [-0.05, 0) is 68.8 Å². The molecule has 0 aliphatic carbocycles. The van der Waals surface area contributed by atoms with Gasteiger partial charge in [0.25, 0.3) is 0 Å². The molecule has 31 heavy (non-hydrogen) atoms. The molecule has 1 saturated heterocycles. The molecule has 0 spiro atoms. The highest BCUT2D eigenvalue weighted by molar-refractivity contribution is 6.03. The Morgan fingerprint density at radius 1 is 0.968 bits per heavy atom. The maximum atomic E-state index is 12.7. The smallest absolute Gasteiger partial charge is 0.229 e. The Labute approximate surface area is 181 Å². The van der Waals surface area contributed by atoms with Gasteiger partial charge in [-0.25, -0.2) is 9.97 Å². The molecule has 1 aromatic heterocycles. The standard InChI is InChI=1S/C24H25N5O2/c1-15-5-4-6-21(11-15)29-14-18(13-22(29)30)23(31)27-19-7-9-20(10-8-19)28-24-25-16(2)12-17(3)26-24/h4-12,18H,13-14H2,1-3H3,(H,27,31)(H,25,26,28). The van der Waals surface area contributed by atoms with Crippen molar-refractivity contribution in [2.45, 2.75) is 27.2 Å². The van der Waals surface area contributed by atoms with Gasteiger partial charge in [0.1, 0.15) is 0 Å². The Bertz CT molecular complexity index is 1110. The third kappa shape index (κ3) is 4.88. The van der Waals surface area contributed by atoms with Crippen molar-refractivity contribution < 1.29 is 9.59 Å². The summed E-state index contributed by atoms with van der Waals surface area (Å²) < 4.78 is 0. The van der Waals surface area contributed by atoms with Crippen LogP contribution in [0.1, 0.15) is 23.4 Å². The van der Waals surface area contributed by atoms with Gasteiger partial charge in [-0.15, -0.1) is 0 Å². The van der Waals surface area contributed by atoms with Gasteiger partial charge >= 0.3 is 0 Å². The summed E-state index contributed by atoms with van der Waals surface area (Å²) in [5.41, 5.74) is 5.21. The number of nitrogens with one attached hydrogen (secondary N) is 2. The van der Waals surface area contributed by atoms with E-state index in [-0.39, 0.29) is 24.2 Å². The van der Waals surface area contributed by atoms with E-state index in [9.17, 15) is 9.59 Å². The van der Waals surface area contributed by atoms with E-state index in [1.54, 1.807) is 4.90 Å². The second-order valence-electron chi connectivity index (χ2n) is 7.91. The van der Waals surface area contributed by atoms with E-state index in [0.29, 0.717) is 18.2 Å². The Morgan fingerprint density at radius 2 is 1.65 bits per heavy atom. The zero-order chi connectivity index (χ0) is 22.0. The first-order valence-corrected chi connectivity index (χ1v) is 10.2. The number of carbonyl (C=O) groups is 2. The van der Waals surface area contributed by atoms with Crippen LogP contribution in [-0.4, -0.2) is 28.3 Å². The van der Waals surface area contributed by atoms with Crippen molar-refractivity contribution in [2.24, 2.45) is 5.92 Å². The summed E-state index contributed by atoms with van der Waals surface area (Å²) in [6, 6.07) is 17.0. The van der Waals surface area contributed by atoms with Gasteiger partial charge in [-0.1, -0.05) is 12.1 Å². The molecule has 1 aliphatic heterocycles. The molecule has 3 aromatic rings. The fraction of sp³-hybridized carbons (Fsp3) is 0.250. The van der Waals surface area contributed by atoms with Gasteiger partial charge in [0.2, 0.25) is 17.8 Å². The van der Waals surface area contributed by atoms with E-state index in [1.807, 2.05) is 75.4 Å². The molecule has 1 aliphatic rings. The van der Waals surface area contributed by atoms with Gasteiger partial charge in [0.15, 0.2) is 0 Å². The number of carbonyl (C=O) groups excluding carboxylic acids is 2. The summed E-state index contributed by atoms with van der Waals surface area (Å²) >= 11 is 0. The highest BCUT2D eigenvalue weighted by atomic mass is 16.2. The number of benzene rings is 2. The molecular formula is C24H25N5O2. The first kappa shape index (κ1) is 20.5. The number of hydrogen-bond acceptors (Lipinski definition) is 5. The highest BCUT2D eigenvalue weighted by Crippen LogP contribution is 2.27. The van der Waals surface area contributed by atoms with Crippen LogP contribution < -0.4 is 15.5 Å². The van der Waals surface area contributed by atoms with Crippen LogP contribution in [0.4, 0.5) is 23.0 Å². The van der Waals surface area contributed by atoms with Crippen molar-refractivity contribution in [1.82, 2.24) is 9.97 Å². The van der Waals surface area contributed by atoms with E-state index in [4.69, 9.17) is 0 Å². The first-order valence-electron chi connectivity index (χ1n) is 10.2. The van der Waals surface area contributed by atoms with Crippen LogP contribution >= 0.6 is 0 Å². The third-order valence-electron chi connectivity index (χ3n) is 5.20. The molecule has 2 aromatic carbocycles. The second-order valence-corrected chi connectivity index (χ2v) is 7.91. The SMILES string of the molecule is Cc1cccc(N2CC(C(=O)Nc3ccc(Nc4nc(C)cc(C)n4)cc3)CC2=O)c1. The van der Waals surface area contributed by atoms with Gasteiger partial charge in [-0.2, -0.15) is 0 Å². The maximum absolute atomic E-state index is 12.7. The maximum Gasteiger partial charge on any atom is 0.229 e. The highest BCUT2D eigenvalue weighted by Gasteiger charge is 2.35. The molecule has 2 heterocycles. The molecule has 2 amide bonds. The summed E-state index contributed by atoms with van der Waals surface area (Å²) in [5, 5.41) is 6.09. The lowest BCUT2D eigenvalue weighted by molar-refractivity contribution is -0.122. The second kappa shape index (κ2) is 8.55. The van der Waals surface area contributed by atoms with Crippen LogP contribution in [-0.2, 0) is 9.59 Å². The summed E-state index contributed by atoms with van der Waals surface area (Å²) in [4.78, 5) is 35.6. The van der Waals surface area contributed by atoms with Crippen molar-refractivity contribution in [3.8, 4) is 0 Å². The van der Waals surface area contributed by atoms with Crippen molar-refractivity contribution in [3.05, 3.63) is 71.5 Å². The monoisotopic (exact) mass is 415 g/mol. The Morgan fingerprint density at radius 3 is 2.32 bits per heavy atom. The molecule has 158 valence electrons. The molecule has 2 N–H and O–H groups in total. The Balaban J connectivity index is 1.38. The topological polar surface area (TPSA) is 87.2 Å². The molecule has 0 saturated carbocycles. The van der Waals surface area contributed by atoms with Gasteiger partial charge in [0.05, 0.1) is 5.92 Å². The molecular weight excluding hydrogens is 390 g/mol. The van der Waals surface area contributed by atoms with Crippen LogP contribution in [0.2, 0.25) is 0 Å². The largest absolute Gasteiger partial charge is 0.326 e. The predicted octanol–water partition coefficient (Wildman–Crippen LogP) is 4.14. The average Bonchev–Trinajstić information content (AvgIpc) is 3.11. The fourth-order valence-electron chi connectivity index (χ4n) is 3.72. The summed E-state index contributed by atoms with van der Waals surface area (Å²) in [5.74, 6) is -0.0231. The number of aromatic nitrogens is 2. The van der Waals surface area contributed by atoms with Crippen LogP contribution in [0.3, 0.4) is 0 Å². The van der Waals surface area contributed by atoms with Crippen molar-refractivity contribution in [1.29, 1.82) is 0 Å². The van der Waals surface area contributed by atoms with Gasteiger partial charge in [0, 0.05) is 41.4 Å². The van der Waals surface area contributed by atoms with Crippen LogP contribution in [0, 0.1) is 26.7 Å². The number of nitrogens with zero attached hydrogens (tertiary/aromatic N) is 3. The van der Waals surface area contributed by atoms with E-state index < -0.39 is 0 Å². The van der Waals surface area contributed by atoms with E-state index in [2.05, 4.69) is 20.6 Å². The van der Waals surface area contributed by atoms with E-state index in [1.165, 1.54) is 0 Å². The van der Waals surface area contributed by atoms with Crippen molar-refractivity contribution in [2.75, 3.05) is 22.1 Å². The molecule has 7 heteroatoms. The van der Waals surface area contributed by atoms with Gasteiger partial charge in [-0.3, -0.25) is 9.59 Å². The first-order chi connectivity index (χ1) is 14.9. The molecule has 1 unspecified atom stereocenters. The van der Waals surface area contributed by atoms with Gasteiger partial charge < -0.3 is 15.5 Å². The predicted molar refractivity (Wildman–Crippen MR) is 121 cm³/mol. The van der Waals surface area contributed by atoms with Crippen molar-refractivity contribution >= 4 is 34.8 Å². The number of amides is 2. The lowest BCUT2D eigenvalue weighted by Gasteiger charge is -2.17. The van der Waals surface area contributed by atoms with E-state index >= 15 is 0 Å². The number of rotatable bonds is 5. The molecule has 0 radical (unpaired) electrons. The molecule has 0 bridgehead atoms. The Kier molecular flexibility index (Phi) is 5.66. The Hall–Kier alpha value is -3.74.